The predicted molar refractivity (Wildman–Crippen MR) is 133 cm³/mol. The maximum absolute atomic E-state index is 10.7. The first-order valence-corrected chi connectivity index (χ1v) is 12.0. The summed E-state index contributed by atoms with van der Waals surface area (Å²) in [5, 5.41) is 24.4. The van der Waals surface area contributed by atoms with Gasteiger partial charge in [-0.05, 0) is 59.7 Å². The van der Waals surface area contributed by atoms with E-state index in [1.54, 1.807) is 10.7 Å². The Labute approximate surface area is 200 Å². The second-order valence-electron chi connectivity index (χ2n) is 8.79. The molecule has 9 heteroatoms. The first-order chi connectivity index (χ1) is 16.0. The number of aliphatic hydroxyl groups is 2. The molecule has 5 rings (SSSR count). The third-order valence-electron chi connectivity index (χ3n) is 6.71. The number of aliphatic imine (C=N–C) groups is 1. The van der Waals surface area contributed by atoms with E-state index in [0.717, 1.165) is 40.0 Å². The summed E-state index contributed by atoms with van der Waals surface area (Å²) < 4.78 is 2.40. The van der Waals surface area contributed by atoms with Gasteiger partial charge in [-0.2, -0.15) is 9.61 Å². The van der Waals surface area contributed by atoms with Crippen LogP contribution in [-0.2, 0) is 0 Å². The fourth-order valence-corrected chi connectivity index (χ4v) is 5.32. The first kappa shape index (κ1) is 22.1. The van der Waals surface area contributed by atoms with Gasteiger partial charge in [0.05, 0.1) is 34.0 Å². The minimum absolute atomic E-state index is 0.000968. The smallest absolute Gasteiger partial charge is 0.181 e. The van der Waals surface area contributed by atoms with Gasteiger partial charge < -0.3 is 20.8 Å². The minimum Gasteiger partial charge on any atom is -0.396 e. The quantitative estimate of drug-likeness (QED) is 0.481. The molecule has 3 aromatic rings. The number of aliphatic hydroxyl groups excluding tert-OH is 1. The highest BCUT2D eigenvalue weighted by molar-refractivity contribution is 9.10. The van der Waals surface area contributed by atoms with Crippen LogP contribution in [0.2, 0.25) is 0 Å². The second-order valence-corrected chi connectivity index (χ2v) is 9.58. The molecule has 1 aliphatic heterocycles. The van der Waals surface area contributed by atoms with Crippen LogP contribution >= 0.6 is 15.9 Å². The van der Waals surface area contributed by atoms with E-state index in [0.29, 0.717) is 37.3 Å². The van der Waals surface area contributed by atoms with E-state index in [9.17, 15) is 10.2 Å². The third kappa shape index (κ3) is 4.16. The fourth-order valence-electron chi connectivity index (χ4n) is 4.74. The van der Waals surface area contributed by atoms with Gasteiger partial charge in [-0.3, -0.25) is 0 Å². The lowest BCUT2D eigenvalue weighted by Crippen LogP contribution is -2.34. The van der Waals surface area contributed by atoms with Crippen LogP contribution in [0.5, 0.6) is 0 Å². The van der Waals surface area contributed by atoms with Crippen LogP contribution in [0.25, 0.3) is 11.3 Å². The van der Waals surface area contributed by atoms with Crippen molar-refractivity contribution in [3.8, 4) is 0 Å². The number of rotatable bonds is 5. The minimum atomic E-state index is -0.789. The standard InChI is InChI=1S/C24H27BrN6O2/c25-20-21(17-6-9-24(33,10-7-17)11-13-32)29-23-19(14-28-31(23)22(20)26)30-12-8-18(27-15-30)16-4-2-1-3-5-16/h1-5,8,14-15,17,32-33H,6-7,9-13,26H2. The van der Waals surface area contributed by atoms with Crippen LogP contribution in [-0.4, -0.2) is 49.9 Å². The maximum Gasteiger partial charge on any atom is 0.181 e. The molecular weight excluding hydrogens is 484 g/mol. The highest BCUT2D eigenvalue weighted by atomic mass is 79.9. The Balaban J connectivity index is 1.43. The summed E-state index contributed by atoms with van der Waals surface area (Å²) >= 11 is 3.63. The maximum atomic E-state index is 10.7. The molecule has 0 spiro atoms. The SMILES string of the molecule is Nc1c(Br)c(C2CCC(O)(CCO)CC2)nc2c(N3C=NC(c4ccccc4)=CC3)cnn12. The Morgan fingerprint density at radius 3 is 2.61 bits per heavy atom. The monoisotopic (exact) mass is 510 g/mol. The molecule has 1 aliphatic carbocycles. The van der Waals surface area contributed by atoms with Crippen LogP contribution in [0.4, 0.5) is 11.5 Å². The molecule has 1 fully saturated rings. The van der Waals surface area contributed by atoms with Crippen molar-refractivity contribution in [3.63, 3.8) is 0 Å². The molecule has 0 amide bonds. The zero-order valence-electron chi connectivity index (χ0n) is 18.2. The van der Waals surface area contributed by atoms with Crippen LogP contribution in [0, 0.1) is 0 Å². The van der Waals surface area contributed by atoms with E-state index in [1.165, 1.54) is 0 Å². The Kier molecular flexibility index (Phi) is 5.94. The number of fused-ring (bicyclic) bond motifs is 1. The van der Waals surface area contributed by atoms with Crippen LogP contribution in [0.1, 0.15) is 49.3 Å². The van der Waals surface area contributed by atoms with Crippen molar-refractivity contribution in [2.45, 2.75) is 43.6 Å². The zero-order chi connectivity index (χ0) is 23.0. The first-order valence-electron chi connectivity index (χ1n) is 11.2. The molecule has 8 nitrogen and oxygen atoms in total. The van der Waals surface area contributed by atoms with E-state index in [-0.39, 0.29) is 12.5 Å². The molecule has 2 aliphatic rings. The summed E-state index contributed by atoms with van der Waals surface area (Å²) in [5.74, 6) is 0.680. The summed E-state index contributed by atoms with van der Waals surface area (Å²) in [7, 11) is 0. The Bertz CT molecular complexity index is 1210. The number of halogens is 1. The number of aromatic nitrogens is 3. The van der Waals surface area contributed by atoms with Crippen LogP contribution in [0.15, 0.2) is 52.1 Å². The fraction of sp³-hybridized carbons (Fsp3) is 0.375. The summed E-state index contributed by atoms with van der Waals surface area (Å²) in [5.41, 5.74) is 10.1. The predicted octanol–water partition coefficient (Wildman–Crippen LogP) is 3.73. The summed E-state index contributed by atoms with van der Waals surface area (Å²) in [6, 6.07) is 10.1. The van der Waals surface area contributed by atoms with Gasteiger partial charge in [-0.25, -0.2) is 9.98 Å². The molecule has 1 aromatic carbocycles. The van der Waals surface area contributed by atoms with E-state index in [4.69, 9.17) is 10.7 Å². The molecule has 33 heavy (non-hydrogen) atoms. The largest absolute Gasteiger partial charge is 0.396 e. The van der Waals surface area contributed by atoms with Crippen molar-refractivity contribution in [2.24, 2.45) is 4.99 Å². The molecule has 2 aromatic heterocycles. The summed E-state index contributed by atoms with van der Waals surface area (Å²) in [6.07, 6.45) is 8.92. The summed E-state index contributed by atoms with van der Waals surface area (Å²) in [4.78, 5) is 11.6. The molecule has 1 saturated carbocycles. The van der Waals surface area contributed by atoms with Crippen molar-refractivity contribution in [3.05, 3.63) is 58.3 Å². The lowest BCUT2D eigenvalue weighted by molar-refractivity contribution is -0.0206. The van der Waals surface area contributed by atoms with Crippen molar-refractivity contribution in [2.75, 3.05) is 23.8 Å². The van der Waals surface area contributed by atoms with Crippen LogP contribution < -0.4 is 10.6 Å². The van der Waals surface area contributed by atoms with Gasteiger partial charge in [0.2, 0.25) is 0 Å². The van der Waals surface area contributed by atoms with E-state index >= 15 is 0 Å². The van der Waals surface area contributed by atoms with Gasteiger partial charge in [0.1, 0.15) is 11.5 Å². The highest BCUT2D eigenvalue weighted by Crippen LogP contribution is 2.42. The Morgan fingerprint density at radius 1 is 1.18 bits per heavy atom. The lowest BCUT2D eigenvalue weighted by atomic mass is 9.76. The topological polar surface area (TPSA) is 112 Å². The molecule has 0 saturated heterocycles. The number of anilines is 2. The second kappa shape index (κ2) is 8.89. The number of benzene rings is 1. The van der Waals surface area contributed by atoms with Crippen molar-refractivity contribution in [1.29, 1.82) is 0 Å². The molecule has 0 atom stereocenters. The average molecular weight is 511 g/mol. The Morgan fingerprint density at radius 2 is 1.94 bits per heavy atom. The molecule has 4 N–H and O–H groups in total. The highest BCUT2D eigenvalue weighted by Gasteiger charge is 2.35. The van der Waals surface area contributed by atoms with Crippen molar-refractivity contribution >= 4 is 45.1 Å². The van der Waals surface area contributed by atoms with Gasteiger partial charge in [0.25, 0.3) is 0 Å². The number of nitrogens with zero attached hydrogens (tertiary/aromatic N) is 5. The lowest BCUT2D eigenvalue weighted by Gasteiger charge is -2.35. The Hall–Kier alpha value is -2.75. The van der Waals surface area contributed by atoms with Gasteiger partial charge in [-0.15, -0.1) is 0 Å². The number of hydrogen-bond donors (Lipinski definition) is 3. The molecule has 172 valence electrons. The van der Waals surface area contributed by atoms with Gasteiger partial charge in [-0.1, -0.05) is 30.3 Å². The number of hydrogen-bond acceptors (Lipinski definition) is 7. The van der Waals surface area contributed by atoms with Crippen molar-refractivity contribution < 1.29 is 10.2 Å². The molecule has 3 heterocycles. The average Bonchev–Trinajstić information content (AvgIpc) is 3.27. The van der Waals surface area contributed by atoms with E-state index in [1.807, 2.05) is 41.6 Å². The number of nitrogen functional groups attached to an aromatic ring is 1. The molecular formula is C24H27BrN6O2. The van der Waals surface area contributed by atoms with Gasteiger partial charge in [0.15, 0.2) is 5.65 Å². The zero-order valence-corrected chi connectivity index (χ0v) is 19.8. The molecule has 0 unspecified atom stereocenters. The number of nitrogens with two attached hydrogens (primary N) is 1. The van der Waals surface area contributed by atoms with E-state index < -0.39 is 5.60 Å². The summed E-state index contributed by atoms with van der Waals surface area (Å²) in [6.45, 7) is 0.651. The molecule has 0 bridgehead atoms. The van der Waals surface area contributed by atoms with E-state index in [2.05, 4.69) is 32.1 Å². The normalized spacial score (nSPS) is 23.2. The van der Waals surface area contributed by atoms with Gasteiger partial charge >= 0.3 is 0 Å². The van der Waals surface area contributed by atoms with Crippen LogP contribution in [0.3, 0.4) is 0 Å². The molecule has 0 radical (unpaired) electrons. The van der Waals surface area contributed by atoms with Crippen molar-refractivity contribution in [1.82, 2.24) is 14.6 Å². The third-order valence-corrected chi connectivity index (χ3v) is 7.52. The van der Waals surface area contributed by atoms with Gasteiger partial charge in [0, 0.05) is 19.1 Å².